The Morgan fingerprint density at radius 2 is 1.66 bits per heavy atom. The molecule has 4 rings (SSSR count). The molecular weight excluding hydrogens is 445 g/mol. The van der Waals surface area contributed by atoms with Crippen molar-refractivity contribution in [3.05, 3.63) is 95.3 Å². The average Bonchev–Trinajstić information content (AvgIpc) is 2.90. The molecule has 3 aromatic rings. The van der Waals surface area contributed by atoms with E-state index in [4.69, 9.17) is 4.74 Å². The Bertz CT molecular complexity index is 1180. The SMILES string of the molecule is CCc1ccccc1C(=O)Nc1ccc(N2CCN(C(C(=O)OC)c3ccccc3)CC2)c(F)c1. The lowest BCUT2D eigenvalue weighted by molar-refractivity contribution is -0.147. The quantitative estimate of drug-likeness (QED) is 0.503. The van der Waals surface area contributed by atoms with E-state index in [9.17, 15) is 9.59 Å². The van der Waals surface area contributed by atoms with Gasteiger partial charge in [-0.1, -0.05) is 55.5 Å². The number of piperazine rings is 1. The van der Waals surface area contributed by atoms with Crippen LogP contribution in [0.1, 0.15) is 34.5 Å². The number of carbonyl (C=O) groups is 2. The second-order valence-corrected chi connectivity index (χ2v) is 8.49. The van der Waals surface area contributed by atoms with Gasteiger partial charge < -0.3 is 15.0 Å². The van der Waals surface area contributed by atoms with Gasteiger partial charge in [0.05, 0.1) is 12.8 Å². The second kappa shape index (κ2) is 11.1. The van der Waals surface area contributed by atoms with E-state index >= 15 is 4.39 Å². The normalized spacial score (nSPS) is 14.9. The summed E-state index contributed by atoms with van der Waals surface area (Å²) in [6.45, 7) is 4.29. The molecular formula is C28H30FN3O3. The Morgan fingerprint density at radius 1 is 0.971 bits per heavy atom. The number of aryl methyl sites for hydroxylation is 1. The van der Waals surface area contributed by atoms with E-state index in [1.54, 1.807) is 18.2 Å². The lowest BCUT2D eigenvalue weighted by atomic mass is 10.0. The molecule has 0 bridgehead atoms. The van der Waals surface area contributed by atoms with Gasteiger partial charge in [0, 0.05) is 37.4 Å². The van der Waals surface area contributed by atoms with E-state index < -0.39 is 11.9 Å². The Hall–Kier alpha value is -3.71. The molecule has 0 saturated carbocycles. The molecule has 1 unspecified atom stereocenters. The third kappa shape index (κ3) is 5.52. The van der Waals surface area contributed by atoms with Crippen molar-refractivity contribution >= 4 is 23.3 Å². The highest BCUT2D eigenvalue weighted by molar-refractivity contribution is 6.05. The van der Waals surface area contributed by atoms with Crippen LogP contribution in [-0.4, -0.2) is 50.1 Å². The molecule has 1 heterocycles. The minimum Gasteiger partial charge on any atom is -0.468 e. The third-order valence-corrected chi connectivity index (χ3v) is 6.41. The average molecular weight is 476 g/mol. The molecule has 0 aliphatic carbocycles. The van der Waals surface area contributed by atoms with E-state index in [1.807, 2.05) is 60.4 Å². The van der Waals surface area contributed by atoms with E-state index in [-0.39, 0.29) is 11.9 Å². The molecule has 182 valence electrons. The van der Waals surface area contributed by atoms with E-state index in [0.29, 0.717) is 43.1 Å². The fourth-order valence-corrected chi connectivity index (χ4v) is 4.55. The largest absolute Gasteiger partial charge is 0.468 e. The summed E-state index contributed by atoms with van der Waals surface area (Å²) in [5, 5.41) is 2.81. The molecule has 1 aliphatic rings. The highest BCUT2D eigenvalue weighted by atomic mass is 19.1. The molecule has 3 aromatic carbocycles. The number of nitrogens with one attached hydrogen (secondary N) is 1. The van der Waals surface area contributed by atoms with Crippen LogP contribution in [0.25, 0.3) is 0 Å². The van der Waals surface area contributed by atoms with E-state index in [2.05, 4.69) is 10.2 Å². The molecule has 6 nitrogen and oxygen atoms in total. The smallest absolute Gasteiger partial charge is 0.327 e. The number of halogens is 1. The number of hydrogen-bond donors (Lipinski definition) is 1. The van der Waals surface area contributed by atoms with Gasteiger partial charge in [0.25, 0.3) is 5.91 Å². The summed E-state index contributed by atoms with van der Waals surface area (Å²) in [4.78, 5) is 29.2. The minimum atomic E-state index is -0.489. The number of methoxy groups -OCH3 is 1. The summed E-state index contributed by atoms with van der Waals surface area (Å²) in [6.07, 6.45) is 0.740. The molecule has 1 fully saturated rings. The number of rotatable bonds is 7. The highest BCUT2D eigenvalue weighted by Gasteiger charge is 2.31. The lowest BCUT2D eigenvalue weighted by Gasteiger charge is -2.39. The maximum absolute atomic E-state index is 15.1. The second-order valence-electron chi connectivity index (χ2n) is 8.49. The van der Waals surface area contributed by atoms with Gasteiger partial charge in [0.1, 0.15) is 11.9 Å². The van der Waals surface area contributed by atoms with Gasteiger partial charge in [-0.2, -0.15) is 0 Å². The van der Waals surface area contributed by atoms with Gasteiger partial charge in [-0.15, -0.1) is 0 Å². The predicted molar refractivity (Wildman–Crippen MR) is 135 cm³/mol. The summed E-state index contributed by atoms with van der Waals surface area (Å²) in [7, 11) is 1.39. The van der Waals surface area contributed by atoms with E-state index in [1.165, 1.54) is 13.2 Å². The number of anilines is 2. The molecule has 1 aliphatic heterocycles. The van der Waals surface area contributed by atoms with Crippen molar-refractivity contribution in [3.8, 4) is 0 Å². The lowest BCUT2D eigenvalue weighted by Crippen LogP contribution is -2.49. The number of amides is 1. The highest BCUT2D eigenvalue weighted by Crippen LogP contribution is 2.28. The zero-order chi connectivity index (χ0) is 24.8. The minimum absolute atomic E-state index is 0.252. The molecule has 1 N–H and O–H groups in total. The molecule has 0 aromatic heterocycles. The van der Waals surface area contributed by atoms with Crippen LogP contribution in [-0.2, 0) is 16.0 Å². The summed E-state index contributed by atoms with van der Waals surface area (Å²) < 4.78 is 20.1. The fraction of sp³-hybridized carbons (Fsp3) is 0.286. The Balaban J connectivity index is 1.43. The molecule has 1 atom stereocenters. The van der Waals surface area contributed by atoms with Crippen molar-refractivity contribution < 1.29 is 18.7 Å². The first kappa shape index (κ1) is 24.4. The van der Waals surface area contributed by atoms with Gasteiger partial charge in [-0.3, -0.25) is 9.69 Å². The molecule has 35 heavy (non-hydrogen) atoms. The van der Waals surface area contributed by atoms with Crippen molar-refractivity contribution in [2.75, 3.05) is 43.5 Å². The summed E-state index contributed by atoms with van der Waals surface area (Å²) in [5.41, 5.74) is 3.31. The number of carbonyl (C=O) groups excluding carboxylic acids is 2. The molecule has 0 spiro atoms. The third-order valence-electron chi connectivity index (χ3n) is 6.41. The number of ether oxygens (including phenoxy) is 1. The maximum atomic E-state index is 15.1. The van der Waals surface area contributed by atoms with Crippen LogP contribution in [0, 0.1) is 5.82 Å². The van der Waals surface area contributed by atoms with E-state index in [0.717, 1.165) is 17.5 Å². The summed E-state index contributed by atoms with van der Waals surface area (Å²) >= 11 is 0. The van der Waals surface area contributed by atoms with Crippen LogP contribution >= 0.6 is 0 Å². The zero-order valence-electron chi connectivity index (χ0n) is 20.0. The van der Waals surface area contributed by atoms with Crippen molar-refractivity contribution in [1.29, 1.82) is 0 Å². The van der Waals surface area contributed by atoms with Gasteiger partial charge in [-0.05, 0) is 41.8 Å². The van der Waals surface area contributed by atoms with Crippen LogP contribution in [0.15, 0.2) is 72.8 Å². The topological polar surface area (TPSA) is 61.9 Å². The van der Waals surface area contributed by atoms with Crippen molar-refractivity contribution in [1.82, 2.24) is 4.90 Å². The Morgan fingerprint density at radius 3 is 2.31 bits per heavy atom. The first-order chi connectivity index (χ1) is 17.0. The van der Waals surface area contributed by atoms with Crippen LogP contribution in [0.5, 0.6) is 0 Å². The first-order valence-electron chi connectivity index (χ1n) is 11.8. The van der Waals surface area contributed by atoms with Crippen molar-refractivity contribution in [3.63, 3.8) is 0 Å². The monoisotopic (exact) mass is 475 g/mol. The standard InChI is InChI=1S/C28H30FN3O3/c1-3-20-9-7-8-12-23(20)27(33)30-22-13-14-25(24(29)19-22)31-15-17-32(18-16-31)26(28(34)35-2)21-10-5-4-6-11-21/h4-14,19,26H,3,15-18H2,1-2H3,(H,30,33). The molecule has 0 radical (unpaired) electrons. The van der Waals surface area contributed by atoms with Gasteiger partial charge in [0.2, 0.25) is 0 Å². The van der Waals surface area contributed by atoms with Crippen LogP contribution < -0.4 is 10.2 Å². The number of esters is 1. The van der Waals surface area contributed by atoms with Gasteiger partial charge in [-0.25, -0.2) is 9.18 Å². The molecule has 1 saturated heterocycles. The number of benzene rings is 3. The Labute approximate surface area is 205 Å². The van der Waals surface area contributed by atoms with Gasteiger partial charge in [0.15, 0.2) is 0 Å². The zero-order valence-corrected chi connectivity index (χ0v) is 20.0. The van der Waals surface area contributed by atoms with Crippen LogP contribution in [0.4, 0.5) is 15.8 Å². The Kier molecular flexibility index (Phi) is 7.77. The number of hydrogen-bond acceptors (Lipinski definition) is 5. The number of nitrogens with zero attached hydrogens (tertiary/aromatic N) is 2. The molecule has 7 heteroatoms. The van der Waals surface area contributed by atoms with Gasteiger partial charge >= 0.3 is 5.97 Å². The fourth-order valence-electron chi connectivity index (χ4n) is 4.55. The van der Waals surface area contributed by atoms with Crippen molar-refractivity contribution in [2.45, 2.75) is 19.4 Å². The summed E-state index contributed by atoms with van der Waals surface area (Å²) in [6, 6.07) is 21.2. The van der Waals surface area contributed by atoms with Crippen molar-refractivity contribution in [2.24, 2.45) is 0 Å². The maximum Gasteiger partial charge on any atom is 0.327 e. The van der Waals surface area contributed by atoms with Crippen LogP contribution in [0.3, 0.4) is 0 Å². The first-order valence-corrected chi connectivity index (χ1v) is 11.8. The predicted octanol–water partition coefficient (Wildman–Crippen LogP) is 4.68. The van der Waals surface area contributed by atoms with Crippen LogP contribution in [0.2, 0.25) is 0 Å². The molecule has 1 amide bonds. The summed E-state index contributed by atoms with van der Waals surface area (Å²) in [5.74, 6) is -0.953.